The van der Waals surface area contributed by atoms with Crippen LogP contribution in [0.5, 0.6) is 11.5 Å². The number of hydrogen-bond donors (Lipinski definition) is 2. The molecule has 2 aromatic rings. The summed E-state index contributed by atoms with van der Waals surface area (Å²) in [4.78, 5) is 25.2. The Kier molecular flexibility index (Phi) is 8.50. The number of carbonyl (C=O) groups excluding carboxylic acids is 2. The highest BCUT2D eigenvalue weighted by Crippen LogP contribution is 2.54. The minimum atomic E-state index is -4.48. The van der Waals surface area contributed by atoms with Gasteiger partial charge in [0.2, 0.25) is 0 Å². The van der Waals surface area contributed by atoms with E-state index in [0.29, 0.717) is 22.1 Å². The quantitative estimate of drug-likeness (QED) is 0.487. The van der Waals surface area contributed by atoms with Gasteiger partial charge < -0.3 is 20.1 Å². The van der Waals surface area contributed by atoms with Gasteiger partial charge in [-0.05, 0) is 57.0 Å². The number of aldehydes is 1. The second-order valence-electron chi connectivity index (χ2n) is 8.43. The molecule has 5 rings (SSSR count). The van der Waals surface area contributed by atoms with Crippen LogP contribution in [0.4, 0.5) is 13.2 Å². The van der Waals surface area contributed by atoms with Gasteiger partial charge in [-0.2, -0.15) is 13.2 Å². The van der Waals surface area contributed by atoms with Gasteiger partial charge in [-0.15, -0.1) is 0 Å². The largest absolute Gasteiger partial charge is 0.486 e. The number of pyridine rings is 1. The van der Waals surface area contributed by atoms with Crippen molar-refractivity contribution < 1.29 is 32.2 Å². The molecule has 2 bridgehead atoms. The van der Waals surface area contributed by atoms with Gasteiger partial charge in [0.1, 0.15) is 23.8 Å². The molecule has 0 spiro atoms. The molecule has 3 fully saturated rings. The van der Waals surface area contributed by atoms with Crippen LogP contribution in [-0.2, 0) is 15.8 Å². The highest BCUT2D eigenvalue weighted by atomic mass is 35.5. The van der Waals surface area contributed by atoms with Crippen LogP contribution < -0.4 is 20.1 Å². The minimum Gasteiger partial charge on any atom is -0.486 e. The summed E-state index contributed by atoms with van der Waals surface area (Å²) in [6.45, 7) is -0.209. The number of fused-ring (bicyclic) bond motifs is 1. The van der Waals surface area contributed by atoms with E-state index < -0.39 is 11.9 Å². The molecule has 0 aliphatic heterocycles. The number of aromatic nitrogens is 1. The molecule has 1 aromatic carbocycles. The lowest BCUT2D eigenvalue weighted by molar-refractivity contribution is -0.141. The zero-order valence-electron chi connectivity index (χ0n) is 18.8. The molecular weight excluding hydrogens is 510 g/mol. The zero-order valence-corrected chi connectivity index (χ0v) is 20.3. The lowest BCUT2D eigenvalue weighted by Crippen LogP contribution is -2.63. The van der Waals surface area contributed by atoms with Crippen LogP contribution in [-0.4, -0.2) is 48.5 Å². The predicted octanol–water partition coefficient (Wildman–Crippen LogP) is 4.45. The summed E-state index contributed by atoms with van der Waals surface area (Å²) in [5.41, 5.74) is -0.982. The van der Waals surface area contributed by atoms with Gasteiger partial charge in [0.15, 0.2) is 12.9 Å². The van der Waals surface area contributed by atoms with Crippen LogP contribution in [0.3, 0.4) is 0 Å². The van der Waals surface area contributed by atoms with E-state index in [4.69, 9.17) is 32.7 Å². The van der Waals surface area contributed by atoms with Crippen molar-refractivity contribution >= 4 is 35.4 Å². The van der Waals surface area contributed by atoms with E-state index in [2.05, 4.69) is 15.6 Å². The average molecular weight is 534 g/mol. The first-order chi connectivity index (χ1) is 16.5. The number of alkyl halides is 3. The van der Waals surface area contributed by atoms with Crippen molar-refractivity contribution in [1.29, 1.82) is 0 Å². The van der Waals surface area contributed by atoms with Gasteiger partial charge in [-0.25, -0.2) is 4.98 Å². The first kappa shape index (κ1) is 27.0. The molecule has 0 radical (unpaired) electrons. The van der Waals surface area contributed by atoms with E-state index in [-0.39, 0.29) is 35.9 Å². The van der Waals surface area contributed by atoms with Crippen LogP contribution in [0.15, 0.2) is 36.5 Å². The Balaban J connectivity index is 0.000000241. The van der Waals surface area contributed by atoms with Crippen LogP contribution >= 0.6 is 23.2 Å². The summed E-state index contributed by atoms with van der Waals surface area (Å²) in [6, 6.07) is 6.82. The van der Waals surface area contributed by atoms with E-state index in [9.17, 15) is 22.8 Å². The Morgan fingerprint density at radius 3 is 2.31 bits per heavy atom. The number of nitrogens with zero attached hydrogens (tertiary/aromatic N) is 1. The third-order valence-electron chi connectivity index (χ3n) is 5.98. The molecule has 3 aliphatic rings. The second-order valence-corrected chi connectivity index (χ2v) is 9.25. The van der Waals surface area contributed by atoms with Crippen molar-refractivity contribution in [1.82, 2.24) is 15.6 Å². The Labute approximate surface area is 210 Å². The van der Waals surface area contributed by atoms with Crippen LogP contribution in [0, 0.1) is 0 Å². The van der Waals surface area contributed by atoms with Gasteiger partial charge >= 0.3 is 6.18 Å². The monoisotopic (exact) mass is 533 g/mol. The van der Waals surface area contributed by atoms with E-state index in [0.717, 1.165) is 44.0 Å². The van der Waals surface area contributed by atoms with Crippen molar-refractivity contribution in [3.8, 4) is 11.5 Å². The highest BCUT2D eigenvalue weighted by molar-refractivity contribution is 6.42. The predicted molar refractivity (Wildman–Crippen MR) is 124 cm³/mol. The molecule has 1 amide bonds. The number of benzene rings is 1. The van der Waals surface area contributed by atoms with Crippen LogP contribution in [0.1, 0.15) is 31.4 Å². The van der Waals surface area contributed by atoms with Crippen molar-refractivity contribution in [2.45, 2.75) is 42.9 Å². The number of rotatable bonds is 8. The number of nitrogens with one attached hydrogen (secondary N) is 2. The number of ether oxygens (including phenoxy) is 2. The highest BCUT2D eigenvalue weighted by Gasteiger charge is 2.60. The molecule has 3 aliphatic carbocycles. The summed E-state index contributed by atoms with van der Waals surface area (Å²) in [6.07, 6.45) is 0.937. The molecule has 190 valence electrons. The molecule has 35 heavy (non-hydrogen) atoms. The Bertz CT molecular complexity index is 1050. The zero-order chi connectivity index (χ0) is 25.7. The van der Waals surface area contributed by atoms with E-state index in [1.807, 2.05) is 7.05 Å². The SMILES string of the molecule is CNC12CCC(NC(=O)COc3ccc(C(F)(F)F)nc3)(C1)C2.O=CCOc1ccc(Cl)c(Cl)c1. The van der Waals surface area contributed by atoms with Crippen molar-refractivity contribution in [3.05, 3.63) is 52.3 Å². The lowest BCUT2D eigenvalue weighted by atomic mass is 9.71. The number of carbonyl (C=O) groups is 2. The maximum Gasteiger partial charge on any atom is 0.433 e. The van der Waals surface area contributed by atoms with E-state index in [1.54, 1.807) is 18.2 Å². The molecule has 1 heterocycles. The van der Waals surface area contributed by atoms with Gasteiger partial charge in [0.25, 0.3) is 5.91 Å². The molecule has 0 unspecified atom stereocenters. The van der Waals surface area contributed by atoms with Crippen molar-refractivity contribution in [3.63, 3.8) is 0 Å². The lowest BCUT2D eigenvalue weighted by Gasteiger charge is -2.47. The standard InChI is InChI=1S/C15H18F3N3O2.C8H6Cl2O2/c1-19-13-4-5-14(8-13,9-13)21-12(22)7-23-10-2-3-11(20-6-10)15(16,17)18;9-7-2-1-6(5-8(7)10)12-4-3-11/h2-3,6,19H,4-5,7-9H2,1H3,(H,21,22);1-3,5H,4H2. The summed E-state index contributed by atoms with van der Waals surface area (Å²) < 4.78 is 47.4. The Morgan fingerprint density at radius 2 is 1.77 bits per heavy atom. The molecule has 3 saturated carbocycles. The van der Waals surface area contributed by atoms with Gasteiger partial charge in [0, 0.05) is 17.1 Å². The number of amides is 1. The molecule has 2 N–H and O–H groups in total. The first-order valence-electron chi connectivity index (χ1n) is 10.7. The fourth-order valence-electron chi connectivity index (χ4n) is 4.34. The second kappa shape index (κ2) is 11.0. The minimum absolute atomic E-state index is 0.0258. The average Bonchev–Trinajstić information content (AvgIpc) is 3.34. The maximum absolute atomic E-state index is 12.4. The van der Waals surface area contributed by atoms with Gasteiger partial charge in [0.05, 0.1) is 16.2 Å². The van der Waals surface area contributed by atoms with E-state index >= 15 is 0 Å². The molecular formula is C23H24Cl2F3N3O4. The van der Waals surface area contributed by atoms with Gasteiger partial charge in [-0.3, -0.25) is 9.59 Å². The number of halogens is 5. The van der Waals surface area contributed by atoms with Crippen LogP contribution in [0.25, 0.3) is 0 Å². The fraction of sp³-hybridized carbons (Fsp3) is 0.435. The van der Waals surface area contributed by atoms with Crippen LogP contribution in [0.2, 0.25) is 10.0 Å². The maximum atomic E-state index is 12.4. The number of hydrogen-bond acceptors (Lipinski definition) is 6. The first-order valence-corrected chi connectivity index (χ1v) is 11.4. The molecule has 0 atom stereocenters. The summed E-state index contributed by atoms with van der Waals surface area (Å²) in [5.74, 6) is 0.406. The molecule has 1 aromatic heterocycles. The molecule has 7 nitrogen and oxygen atoms in total. The van der Waals surface area contributed by atoms with E-state index in [1.165, 1.54) is 0 Å². The third-order valence-corrected chi connectivity index (χ3v) is 6.72. The van der Waals surface area contributed by atoms with Crippen molar-refractivity contribution in [2.24, 2.45) is 0 Å². The third kappa shape index (κ3) is 6.99. The summed E-state index contributed by atoms with van der Waals surface area (Å²) >= 11 is 11.4. The Hall–Kier alpha value is -2.56. The summed E-state index contributed by atoms with van der Waals surface area (Å²) in [7, 11) is 1.93. The fourth-order valence-corrected chi connectivity index (χ4v) is 4.63. The topological polar surface area (TPSA) is 89.5 Å². The smallest absolute Gasteiger partial charge is 0.433 e. The van der Waals surface area contributed by atoms with Gasteiger partial charge in [-0.1, -0.05) is 23.2 Å². The van der Waals surface area contributed by atoms with Crippen molar-refractivity contribution in [2.75, 3.05) is 20.3 Å². The normalized spacial score (nSPS) is 22.3. The molecule has 0 saturated heterocycles. The summed E-state index contributed by atoms with van der Waals surface area (Å²) in [5, 5.41) is 7.16. The Morgan fingerprint density at radius 1 is 1.09 bits per heavy atom. The molecule has 12 heteroatoms.